The van der Waals surface area contributed by atoms with Crippen molar-refractivity contribution in [1.29, 1.82) is 0 Å². The van der Waals surface area contributed by atoms with Gasteiger partial charge in [0.05, 0.1) is 26.4 Å². The summed E-state index contributed by atoms with van der Waals surface area (Å²) in [5.74, 6) is 0. The predicted molar refractivity (Wildman–Crippen MR) is 98.9 cm³/mol. The summed E-state index contributed by atoms with van der Waals surface area (Å²) in [4.78, 5) is 0. The predicted octanol–water partition coefficient (Wildman–Crippen LogP) is 3.16. The van der Waals surface area contributed by atoms with Gasteiger partial charge in [-0.25, -0.2) is 13.2 Å². The first-order valence-corrected chi connectivity index (χ1v) is 9.00. The number of ether oxygens (including phenoxy) is 2. The van der Waals surface area contributed by atoms with Crippen LogP contribution in [0.4, 0.5) is 13.2 Å². The van der Waals surface area contributed by atoms with E-state index in [1.807, 2.05) is 12.1 Å². The number of aliphatic hydroxyl groups is 2. The summed E-state index contributed by atoms with van der Waals surface area (Å²) < 4.78 is 52.2. The van der Waals surface area contributed by atoms with Crippen LogP contribution in [0.3, 0.4) is 0 Å². The van der Waals surface area contributed by atoms with Gasteiger partial charge in [0, 0.05) is 0 Å². The number of hydrogen-bond acceptors (Lipinski definition) is 4. The molecule has 0 radical (unpaired) electrons. The highest BCUT2D eigenvalue weighted by Crippen LogP contribution is 2.17. The normalized spacial score (nSPS) is 15.9. The molecule has 0 aromatic heterocycles. The Kier molecular flexibility index (Phi) is 9.43. The van der Waals surface area contributed by atoms with Gasteiger partial charge in [-0.2, -0.15) is 0 Å². The van der Waals surface area contributed by atoms with Crippen molar-refractivity contribution in [3.63, 3.8) is 0 Å². The third-order valence-corrected chi connectivity index (χ3v) is 4.17. The Balaban J connectivity index is 1.71. The van der Waals surface area contributed by atoms with Crippen molar-refractivity contribution < 1.29 is 32.9 Å². The van der Waals surface area contributed by atoms with Crippen LogP contribution in [0.5, 0.6) is 0 Å². The van der Waals surface area contributed by atoms with Crippen LogP contribution in [-0.2, 0) is 22.7 Å². The third-order valence-electron chi connectivity index (χ3n) is 4.17. The molecule has 4 nitrogen and oxygen atoms in total. The van der Waals surface area contributed by atoms with Crippen molar-refractivity contribution >= 4 is 0 Å². The van der Waals surface area contributed by atoms with E-state index < -0.39 is 43.9 Å². The van der Waals surface area contributed by atoms with Crippen LogP contribution < -0.4 is 0 Å². The third kappa shape index (κ3) is 7.24. The van der Waals surface area contributed by atoms with Gasteiger partial charge < -0.3 is 19.7 Å². The minimum Gasteiger partial charge on any atom is -0.387 e. The first kappa shape index (κ1) is 22.4. The van der Waals surface area contributed by atoms with E-state index in [2.05, 4.69) is 0 Å². The molecular weight excluding hydrogens is 373 g/mol. The van der Waals surface area contributed by atoms with Crippen LogP contribution in [0.25, 0.3) is 0 Å². The molecule has 0 unspecified atom stereocenters. The number of benzene rings is 2. The summed E-state index contributed by atoms with van der Waals surface area (Å²) >= 11 is 0. The van der Waals surface area contributed by atoms with Gasteiger partial charge in [-0.05, 0) is 11.1 Å². The van der Waals surface area contributed by atoms with Crippen LogP contribution in [0, 0.1) is 0 Å². The second kappa shape index (κ2) is 11.8. The standard InChI is InChI=1S/C21H25F3O4/c22-17(13-27-11-15-7-3-1-4-8-15)20(25)19(24)21(26)18(23)14-28-12-16-9-5-2-6-10-16/h1-10,17-21,25-26H,11-14H2/t17-,18-,20-,21-/m0/s1. The van der Waals surface area contributed by atoms with Gasteiger partial charge in [-0.3, -0.25) is 0 Å². The van der Waals surface area contributed by atoms with E-state index in [0.717, 1.165) is 11.1 Å². The van der Waals surface area contributed by atoms with Crippen LogP contribution in [-0.4, -0.2) is 54.1 Å². The molecule has 2 rings (SSSR count). The van der Waals surface area contributed by atoms with E-state index in [1.165, 1.54) is 0 Å². The molecule has 0 aliphatic heterocycles. The monoisotopic (exact) mass is 398 g/mol. The van der Waals surface area contributed by atoms with Crippen LogP contribution in [0.15, 0.2) is 60.7 Å². The molecule has 4 atom stereocenters. The Labute approximate surface area is 162 Å². The lowest BCUT2D eigenvalue weighted by Crippen LogP contribution is -2.46. The van der Waals surface area contributed by atoms with Crippen molar-refractivity contribution in [2.75, 3.05) is 13.2 Å². The maximum Gasteiger partial charge on any atom is 0.157 e. The van der Waals surface area contributed by atoms with Gasteiger partial charge >= 0.3 is 0 Å². The first-order chi connectivity index (χ1) is 13.5. The lowest BCUT2D eigenvalue weighted by molar-refractivity contribution is -0.0980. The zero-order valence-corrected chi connectivity index (χ0v) is 15.3. The first-order valence-electron chi connectivity index (χ1n) is 9.00. The molecule has 154 valence electrons. The van der Waals surface area contributed by atoms with Crippen LogP contribution in [0.1, 0.15) is 11.1 Å². The summed E-state index contributed by atoms with van der Waals surface area (Å²) in [5.41, 5.74) is 1.58. The molecule has 0 amide bonds. The fraction of sp³-hybridized carbons (Fsp3) is 0.429. The van der Waals surface area contributed by atoms with E-state index in [1.54, 1.807) is 48.5 Å². The van der Waals surface area contributed by atoms with Gasteiger partial charge in [0.2, 0.25) is 0 Å². The summed E-state index contributed by atoms with van der Waals surface area (Å²) in [5, 5.41) is 19.4. The molecule has 0 aliphatic carbocycles. The lowest BCUT2D eigenvalue weighted by Gasteiger charge is -2.25. The van der Waals surface area contributed by atoms with E-state index >= 15 is 0 Å². The molecule has 0 heterocycles. The molecule has 0 bridgehead atoms. The smallest absolute Gasteiger partial charge is 0.157 e. The molecule has 0 saturated heterocycles. The topological polar surface area (TPSA) is 58.9 Å². The molecule has 28 heavy (non-hydrogen) atoms. The summed E-state index contributed by atoms with van der Waals surface area (Å²) in [6, 6.07) is 17.9. The Morgan fingerprint density at radius 3 is 1.36 bits per heavy atom. The fourth-order valence-corrected chi connectivity index (χ4v) is 2.53. The number of rotatable bonds is 12. The molecule has 7 heteroatoms. The highest BCUT2D eigenvalue weighted by Gasteiger charge is 2.37. The number of hydrogen-bond donors (Lipinski definition) is 2. The van der Waals surface area contributed by atoms with E-state index in [9.17, 15) is 23.4 Å². The molecule has 2 aromatic rings. The minimum atomic E-state index is -2.51. The van der Waals surface area contributed by atoms with Crippen molar-refractivity contribution in [2.24, 2.45) is 0 Å². The maximum absolute atomic E-state index is 14.1. The summed E-state index contributed by atoms with van der Waals surface area (Å²) in [6.45, 7) is -0.978. The average molecular weight is 398 g/mol. The van der Waals surface area contributed by atoms with Crippen molar-refractivity contribution in [3.05, 3.63) is 71.8 Å². The van der Waals surface area contributed by atoms with Gasteiger partial charge in [0.1, 0.15) is 12.2 Å². The fourth-order valence-electron chi connectivity index (χ4n) is 2.53. The van der Waals surface area contributed by atoms with E-state index in [-0.39, 0.29) is 13.2 Å². The quantitative estimate of drug-likeness (QED) is 0.577. The highest BCUT2D eigenvalue weighted by molar-refractivity contribution is 5.14. The van der Waals surface area contributed by atoms with Crippen molar-refractivity contribution in [1.82, 2.24) is 0 Å². The summed E-state index contributed by atoms with van der Waals surface area (Å²) in [6.07, 6.45) is -11.1. The number of halogens is 3. The van der Waals surface area contributed by atoms with Gasteiger partial charge in [-0.1, -0.05) is 60.7 Å². The average Bonchev–Trinajstić information content (AvgIpc) is 2.73. The largest absolute Gasteiger partial charge is 0.387 e. The van der Waals surface area contributed by atoms with Crippen molar-refractivity contribution in [2.45, 2.75) is 43.9 Å². The second-order valence-electron chi connectivity index (χ2n) is 6.46. The van der Waals surface area contributed by atoms with Crippen LogP contribution >= 0.6 is 0 Å². The Hall–Kier alpha value is -1.93. The highest BCUT2D eigenvalue weighted by atomic mass is 19.2. The molecule has 0 spiro atoms. The molecular formula is C21H25F3O4. The van der Waals surface area contributed by atoms with E-state index in [4.69, 9.17) is 9.47 Å². The minimum absolute atomic E-state index is 0.0898. The van der Waals surface area contributed by atoms with Gasteiger partial charge in [0.25, 0.3) is 0 Å². The van der Waals surface area contributed by atoms with Crippen molar-refractivity contribution in [3.8, 4) is 0 Å². The van der Waals surface area contributed by atoms with E-state index in [0.29, 0.717) is 0 Å². The SMILES string of the molecule is O[C@H](C(F)[C@@H](O)[C@@H](F)COCc1ccccc1)[C@@H](F)COCc1ccccc1. The molecule has 2 N–H and O–H groups in total. The zero-order chi connectivity index (χ0) is 20.4. The second-order valence-corrected chi connectivity index (χ2v) is 6.46. The number of aliphatic hydroxyl groups excluding tert-OH is 2. The zero-order valence-electron chi connectivity index (χ0n) is 15.3. The van der Waals surface area contributed by atoms with Crippen LogP contribution in [0.2, 0.25) is 0 Å². The summed E-state index contributed by atoms with van der Waals surface area (Å²) in [7, 11) is 0. The Bertz CT molecular complexity index is 602. The maximum atomic E-state index is 14.1. The Morgan fingerprint density at radius 1 is 0.643 bits per heavy atom. The Morgan fingerprint density at radius 2 is 1.00 bits per heavy atom. The van der Waals surface area contributed by atoms with Gasteiger partial charge in [0.15, 0.2) is 18.5 Å². The lowest BCUT2D eigenvalue weighted by atomic mass is 10.0. The molecule has 0 aliphatic rings. The number of alkyl halides is 3. The van der Waals surface area contributed by atoms with Gasteiger partial charge in [-0.15, -0.1) is 0 Å². The molecule has 0 fully saturated rings. The molecule has 2 aromatic carbocycles. The molecule has 0 saturated carbocycles.